The Labute approximate surface area is 170 Å². The van der Waals surface area contributed by atoms with E-state index in [1.807, 2.05) is 24.3 Å². The lowest BCUT2D eigenvalue weighted by Gasteiger charge is -2.35. The molecule has 1 aliphatic heterocycles. The Morgan fingerprint density at radius 1 is 1.07 bits per heavy atom. The maximum Gasteiger partial charge on any atom is 0.416 e. The number of hydrogen-bond donors (Lipinski definition) is 1. The predicted octanol–water partition coefficient (Wildman–Crippen LogP) is 2.56. The minimum Gasteiger partial charge on any atom is -0.467 e. The monoisotopic (exact) mass is 420 g/mol. The third-order valence-corrected chi connectivity index (χ3v) is 4.92. The van der Waals surface area contributed by atoms with Crippen molar-refractivity contribution in [1.82, 2.24) is 10.2 Å². The smallest absolute Gasteiger partial charge is 0.416 e. The SMILES string of the molecule is COC(=O)C1Cc2ccccc2CN1C(=O)CNC(=O)c1ccc(C(F)(F)F)cc1. The number of nitrogens with zero attached hydrogens (tertiary/aromatic N) is 1. The fourth-order valence-electron chi connectivity index (χ4n) is 3.30. The van der Waals surface area contributed by atoms with Crippen LogP contribution >= 0.6 is 0 Å². The van der Waals surface area contributed by atoms with Crippen LogP contribution in [0.3, 0.4) is 0 Å². The van der Waals surface area contributed by atoms with Crippen molar-refractivity contribution in [3.05, 3.63) is 70.8 Å². The lowest BCUT2D eigenvalue weighted by atomic mass is 9.94. The Bertz CT molecular complexity index is 957. The van der Waals surface area contributed by atoms with Crippen molar-refractivity contribution in [2.24, 2.45) is 0 Å². The Morgan fingerprint density at radius 3 is 2.30 bits per heavy atom. The molecule has 1 atom stereocenters. The van der Waals surface area contributed by atoms with Crippen LogP contribution in [0.2, 0.25) is 0 Å². The molecule has 3 rings (SSSR count). The molecule has 1 aliphatic rings. The van der Waals surface area contributed by atoms with Gasteiger partial charge in [-0.1, -0.05) is 24.3 Å². The maximum absolute atomic E-state index is 12.7. The molecule has 1 unspecified atom stereocenters. The summed E-state index contributed by atoms with van der Waals surface area (Å²) >= 11 is 0. The number of esters is 1. The van der Waals surface area contributed by atoms with E-state index in [1.165, 1.54) is 12.0 Å². The highest BCUT2D eigenvalue weighted by Crippen LogP contribution is 2.29. The molecular weight excluding hydrogens is 401 g/mol. The van der Waals surface area contributed by atoms with Crippen LogP contribution in [0.15, 0.2) is 48.5 Å². The Kier molecular flexibility index (Phi) is 6.09. The Hall–Kier alpha value is -3.36. The van der Waals surface area contributed by atoms with E-state index < -0.39 is 42.1 Å². The van der Waals surface area contributed by atoms with Gasteiger partial charge in [-0.25, -0.2) is 4.79 Å². The highest BCUT2D eigenvalue weighted by Gasteiger charge is 2.35. The van der Waals surface area contributed by atoms with Gasteiger partial charge < -0.3 is 15.0 Å². The van der Waals surface area contributed by atoms with E-state index in [-0.39, 0.29) is 12.1 Å². The van der Waals surface area contributed by atoms with Gasteiger partial charge in [-0.15, -0.1) is 0 Å². The number of rotatable bonds is 4. The van der Waals surface area contributed by atoms with Crippen LogP contribution < -0.4 is 5.32 Å². The van der Waals surface area contributed by atoms with Gasteiger partial charge in [-0.05, 0) is 35.4 Å². The molecule has 0 spiro atoms. The summed E-state index contributed by atoms with van der Waals surface area (Å²) in [6, 6.07) is 10.2. The molecule has 0 saturated carbocycles. The van der Waals surface area contributed by atoms with Gasteiger partial charge in [0.25, 0.3) is 5.91 Å². The number of fused-ring (bicyclic) bond motifs is 1. The second-order valence-corrected chi connectivity index (χ2v) is 6.79. The number of hydrogen-bond acceptors (Lipinski definition) is 4. The van der Waals surface area contributed by atoms with Gasteiger partial charge in [0.05, 0.1) is 19.2 Å². The van der Waals surface area contributed by atoms with Crippen molar-refractivity contribution < 1.29 is 32.3 Å². The molecule has 0 aromatic heterocycles. The van der Waals surface area contributed by atoms with Crippen LogP contribution in [0.25, 0.3) is 0 Å². The number of carbonyl (C=O) groups is 3. The van der Waals surface area contributed by atoms with Crippen LogP contribution in [-0.2, 0) is 33.5 Å². The van der Waals surface area contributed by atoms with E-state index >= 15 is 0 Å². The molecule has 1 heterocycles. The van der Waals surface area contributed by atoms with Crippen molar-refractivity contribution in [1.29, 1.82) is 0 Å². The van der Waals surface area contributed by atoms with Crippen molar-refractivity contribution in [2.45, 2.75) is 25.2 Å². The fraction of sp³-hybridized carbons (Fsp3) is 0.286. The second-order valence-electron chi connectivity index (χ2n) is 6.79. The number of halogens is 3. The Morgan fingerprint density at radius 2 is 1.70 bits per heavy atom. The number of methoxy groups -OCH3 is 1. The normalized spacial score (nSPS) is 15.9. The molecule has 0 fully saturated rings. The van der Waals surface area contributed by atoms with Gasteiger partial charge in [0.1, 0.15) is 6.04 Å². The molecule has 2 aromatic rings. The number of alkyl halides is 3. The number of carbonyl (C=O) groups excluding carboxylic acids is 3. The molecular formula is C21H19F3N2O4. The van der Waals surface area contributed by atoms with E-state index in [9.17, 15) is 27.6 Å². The van der Waals surface area contributed by atoms with Gasteiger partial charge in [-0.3, -0.25) is 9.59 Å². The first-order valence-electron chi connectivity index (χ1n) is 9.10. The molecule has 0 aliphatic carbocycles. The van der Waals surface area contributed by atoms with Crippen molar-refractivity contribution in [3.63, 3.8) is 0 Å². The van der Waals surface area contributed by atoms with Gasteiger partial charge in [0.15, 0.2) is 0 Å². The lowest BCUT2D eigenvalue weighted by molar-refractivity contribution is -0.153. The van der Waals surface area contributed by atoms with Gasteiger partial charge in [0.2, 0.25) is 5.91 Å². The first-order valence-corrected chi connectivity index (χ1v) is 9.10. The molecule has 1 N–H and O–H groups in total. The summed E-state index contributed by atoms with van der Waals surface area (Å²) in [5.41, 5.74) is 0.943. The molecule has 9 heteroatoms. The average molecular weight is 420 g/mol. The molecule has 0 bridgehead atoms. The minimum atomic E-state index is -4.50. The van der Waals surface area contributed by atoms with Crippen LogP contribution in [0, 0.1) is 0 Å². The van der Waals surface area contributed by atoms with Crippen LogP contribution in [0.1, 0.15) is 27.0 Å². The summed E-state index contributed by atoms with van der Waals surface area (Å²) in [7, 11) is 1.23. The predicted molar refractivity (Wildman–Crippen MR) is 100 cm³/mol. The van der Waals surface area contributed by atoms with Crippen molar-refractivity contribution in [2.75, 3.05) is 13.7 Å². The maximum atomic E-state index is 12.7. The van der Waals surface area contributed by atoms with E-state index in [0.29, 0.717) is 6.42 Å². The highest BCUT2D eigenvalue weighted by molar-refractivity contribution is 5.97. The molecule has 158 valence electrons. The molecule has 0 radical (unpaired) electrons. The Balaban J connectivity index is 1.68. The number of benzene rings is 2. The minimum absolute atomic E-state index is 0.00990. The topological polar surface area (TPSA) is 75.7 Å². The number of nitrogens with one attached hydrogen (secondary N) is 1. The standard InChI is InChI=1S/C21H19F3N2O4/c1-30-20(29)17-10-14-4-2-3-5-15(14)12-26(17)18(27)11-25-19(28)13-6-8-16(9-7-13)21(22,23)24/h2-9,17H,10-12H2,1H3,(H,25,28). The van der Waals surface area contributed by atoms with Crippen LogP contribution in [0.5, 0.6) is 0 Å². The van der Waals surface area contributed by atoms with Gasteiger partial charge >= 0.3 is 12.1 Å². The molecule has 2 aromatic carbocycles. The van der Waals surface area contributed by atoms with Gasteiger partial charge in [0, 0.05) is 18.5 Å². The van der Waals surface area contributed by atoms with E-state index in [1.54, 1.807) is 0 Å². The third-order valence-electron chi connectivity index (χ3n) is 4.92. The summed E-state index contributed by atoms with van der Waals surface area (Å²) < 4.78 is 42.7. The third kappa shape index (κ3) is 4.61. The second kappa shape index (κ2) is 8.56. The first kappa shape index (κ1) is 21.4. The first-order chi connectivity index (χ1) is 14.2. The summed E-state index contributed by atoms with van der Waals surface area (Å²) in [6.45, 7) is -0.222. The summed E-state index contributed by atoms with van der Waals surface area (Å²) in [4.78, 5) is 38.4. The summed E-state index contributed by atoms with van der Waals surface area (Å²) in [5, 5.41) is 2.39. The van der Waals surface area contributed by atoms with E-state index in [2.05, 4.69) is 5.32 Å². The molecule has 0 saturated heterocycles. The van der Waals surface area contributed by atoms with Crippen LogP contribution in [-0.4, -0.2) is 42.4 Å². The zero-order valence-corrected chi connectivity index (χ0v) is 16.0. The van der Waals surface area contributed by atoms with Crippen molar-refractivity contribution >= 4 is 17.8 Å². The number of ether oxygens (including phenoxy) is 1. The highest BCUT2D eigenvalue weighted by atomic mass is 19.4. The summed E-state index contributed by atoms with van der Waals surface area (Å²) in [5.74, 6) is -1.75. The zero-order chi connectivity index (χ0) is 21.9. The van der Waals surface area contributed by atoms with E-state index in [0.717, 1.165) is 35.4 Å². The van der Waals surface area contributed by atoms with Gasteiger partial charge in [-0.2, -0.15) is 13.2 Å². The lowest BCUT2D eigenvalue weighted by Crippen LogP contribution is -2.52. The average Bonchev–Trinajstić information content (AvgIpc) is 2.75. The quantitative estimate of drug-likeness (QED) is 0.772. The summed E-state index contributed by atoms with van der Waals surface area (Å²) in [6.07, 6.45) is -4.21. The largest absolute Gasteiger partial charge is 0.467 e. The van der Waals surface area contributed by atoms with Crippen LogP contribution in [0.4, 0.5) is 13.2 Å². The fourth-order valence-corrected chi connectivity index (χ4v) is 3.30. The molecule has 30 heavy (non-hydrogen) atoms. The van der Waals surface area contributed by atoms with E-state index in [4.69, 9.17) is 4.74 Å². The number of amides is 2. The molecule has 6 nitrogen and oxygen atoms in total. The molecule has 2 amide bonds. The zero-order valence-electron chi connectivity index (χ0n) is 16.0. The van der Waals surface area contributed by atoms with Crippen molar-refractivity contribution in [3.8, 4) is 0 Å².